The summed E-state index contributed by atoms with van der Waals surface area (Å²) in [5.74, 6) is -0.548. The first kappa shape index (κ1) is 15.5. The largest absolute Gasteiger partial charge is 0.458 e. The van der Waals surface area contributed by atoms with Gasteiger partial charge >= 0.3 is 5.97 Å². The van der Waals surface area contributed by atoms with Gasteiger partial charge < -0.3 is 10.1 Å². The SMILES string of the molecule is Cc1csc(CCCNC(=O)C2CC(=O)OC23CCCC3)n1. The van der Waals surface area contributed by atoms with E-state index in [1.165, 1.54) is 0 Å². The van der Waals surface area contributed by atoms with E-state index in [2.05, 4.69) is 10.3 Å². The molecule has 1 atom stereocenters. The topological polar surface area (TPSA) is 68.3 Å². The molecular weight excluding hydrogens is 300 g/mol. The summed E-state index contributed by atoms with van der Waals surface area (Å²) in [6.07, 6.45) is 5.72. The number of thiazole rings is 1. The van der Waals surface area contributed by atoms with Crippen LogP contribution >= 0.6 is 11.3 Å². The monoisotopic (exact) mass is 322 g/mol. The maximum Gasteiger partial charge on any atom is 0.307 e. The summed E-state index contributed by atoms with van der Waals surface area (Å²) < 4.78 is 5.51. The molecule has 0 aromatic carbocycles. The number of carbonyl (C=O) groups excluding carboxylic acids is 2. The van der Waals surface area contributed by atoms with Crippen molar-refractivity contribution in [2.24, 2.45) is 5.92 Å². The van der Waals surface area contributed by atoms with Crippen molar-refractivity contribution in [1.82, 2.24) is 10.3 Å². The number of carbonyl (C=O) groups is 2. The lowest BCUT2D eigenvalue weighted by molar-refractivity contribution is -0.149. The Morgan fingerprint density at radius 1 is 1.50 bits per heavy atom. The average Bonchev–Trinajstić information content (AvgIpc) is 3.18. The normalized spacial score (nSPS) is 23.0. The van der Waals surface area contributed by atoms with E-state index >= 15 is 0 Å². The van der Waals surface area contributed by atoms with E-state index in [1.807, 2.05) is 12.3 Å². The van der Waals surface area contributed by atoms with Crippen LogP contribution in [0.5, 0.6) is 0 Å². The van der Waals surface area contributed by atoms with Crippen LogP contribution in [0.4, 0.5) is 0 Å². The fourth-order valence-electron chi connectivity index (χ4n) is 3.54. The first-order valence-electron chi connectivity index (χ1n) is 8.00. The number of nitrogens with zero attached hydrogens (tertiary/aromatic N) is 1. The minimum Gasteiger partial charge on any atom is -0.458 e. The van der Waals surface area contributed by atoms with Gasteiger partial charge in [-0.2, -0.15) is 0 Å². The Labute approximate surface area is 134 Å². The van der Waals surface area contributed by atoms with E-state index in [0.717, 1.165) is 49.2 Å². The van der Waals surface area contributed by atoms with E-state index < -0.39 is 5.60 Å². The predicted octanol–water partition coefficient (Wildman–Crippen LogP) is 2.38. The minimum atomic E-state index is -0.506. The van der Waals surface area contributed by atoms with Gasteiger partial charge in [-0.25, -0.2) is 4.98 Å². The van der Waals surface area contributed by atoms with Gasteiger partial charge in [0.1, 0.15) is 5.60 Å². The second-order valence-electron chi connectivity index (χ2n) is 6.28. The molecule has 3 rings (SSSR count). The molecule has 2 aliphatic rings. The molecular formula is C16H22N2O3S. The van der Waals surface area contributed by atoms with Crippen molar-refractivity contribution in [2.45, 2.75) is 57.5 Å². The van der Waals surface area contributed by atoms with E-state index in [0.29, 0.717) is 6.54 Å². The highest BCUT2D eigenvalue weighted by Crippen LogP contribution is 2.45. The van der Waals surface area contributed by atoms with Crippen molar-refractivity contribution in [2.75, 3.05) is 6.54 Å². The highest BCUT2D eigenvalue weighted by atomic mass is 32.1. The molecule has 1 aromatic heterocycles. The smallest absolute Gasteiger partial charge is 0.307 e. The van der Waals surface area contributed by atoms with Gasteiger partial charge in [0.2, 0.25) is 5.91 Å². The minimum absolute atomic E-state index is 0.0249. The lowest BCUT2D eigenvalue weighted by Crippen LogP contribution is -2.43. The average molecular weight is 322 g/mol. The molecule has 1 spiro atoms. The van der Waals surface area contributed by atoms with Gasteiger partial charge in [-0.1, -0.05) is 0 Å². The van der Waals surface area contributed by atoms with Crippen LogP contribution in [0.3, 0.4) is 0 Å². The van der Waals surface area contributed by atoms with Crippen LogP contribution in [-0.4, -0.2) is 29.0 Å². The molecule has 5 nitrogen and oxygen atoms in total. The second kappa shape index (κ2) is 6.36. The van der Waals surface area contributed by atoms with E-state index in [-0.39, 0.29) is 24.2 Å². The predicted molar refractivity (Wildman–Crippen MR) is 83.6 cm³/mol. The number of ether oxygens (including phenoxy) is 1. The lowest BCUT2D eigenvalue weighted by atomic mass is 9.85. The molecule has 1 aromatic rings. The molecule has 1 amide bonds. The number of aryl methyl sites for hydroxylation is 2. The van der Waals surface area contributed by atoms with Gasteiger partial charge in [-0.15, -0.1) is 11.3 Å². The number of rotatable bonds is 5. The van der Waals surface area contributed by atoms with Crippen LogP contribution in [0.15, 0.2) is 5.38 Å². The van der Waals surface area contributed by atoms with Crippen LogP contribution in [0, 0.1) is 12.8 Å². The third kappa shape index (κ3) is 3.16. The van der Waals surface area contributed by atoms with Crippen molar-refractivity contribution in [3.05, 3.63) is 16.1 Å². The molecule has 1 N–H and O–H groups in total. The van der Waals surface area contributed by atoms with Crippen LogP contribution in [0.2, 0.25) is 0 Å². The summed E-state index contributed by atoms with van der Waals surface area (Å²) in [5.41, 5.74) is 0.543. The Bertz CT molecular complexity index is 563. The first-order chi connectivity index (χ1) is 10.6. The zero-order chi connectivity index (χ0) is 15.6. The summed E-state index contributed by atoms with van der Waals surface area (Å²) in [4.78, 5) is 28.5. The summed E-state index contributed by atoms with van der Waals surface area (Å²) in [7, 11) is 0. The molecule has 2 heterocycles. The van der Waals surface area contributed by atoms with Gasteiger partial charge in [0, 0.05) is 24.0 Å². The Balaban J connectivity index is 1.48. The van der Waals surface area contributed by atoms with Gasteiger partial charge in [-0.3, -0.25) is 9.59 Å². The van der Waals surface area contributed by atoms with Gasteiger partial charge in [0.05, 0.1) is 17.3 Å². The maximum absolute atomic E-state index is 12.4. The summed E-state index contributed by atoms with van der Waals surface area (Å²) in [6.45, 7) is 2.61. The van der Waals surface area contributed by atoms with Crippen molar-refractivity contribution >= 4 is 23.2 Å². The van der Waals surface area contributed by atoms with Crippen molar-refractivity contribution in [1.29, 1.82) is 0 Å². The highest BCUT2D eigenvalue weighted by molar-refractivity contribution is 7.09. The number of amides is 1. The second-order valence-corrected chi connectivity index (χ2v) is 7.22. The van der Waals surface area contributed by atoms with E-state index in [1.54, 1.807) is 11.3 Å². The molecule has 6 heteroatoms. The molecule has 120 valence electrons. The van der Waals surface area contributed by atoms with Crippen molar-refractivity contribution < 1.29 is 14.3 Å². The fraction of sp³-hybridized carbons (Fsp3) is 0.688. The Morgan fingerprint density at radius 2 is 2.27 bits per heavy atom. The molecule has 0 radical (unpaired) electrons. The van der Waals surface area contributed by atoms with Crippen molar-refractivity contribution in [3.8, 4) is 0 Å². The first-order valence-corrected chi connectivity index (χ1v) is 8.88. The molecule has 22 heavy (non-hydrogen) atoms. The standard InChI is InChI=1S/C16H22N2O3S/c1-11-10-22-13(18-11)5-4-8-17-15(20)12-9-14(19)21-16(12)6-2-3-7-16/h10,12H,2-9H2,1H3,(H,17,20). The number of hydrogen-bond acceptors (Lipinski definition) is 5. The van der Waals surface area contributed by atoms with Crippen LogP contribution < -0.4 is 5.32 Å². The van der Waals surface area contributed by atoms with E-state index in [4.69, 9.17) is 4.74 Å². The van der Waals surface area contributed by atoms with Gasteiger partial charge in [0.25, 0.3) is 0 Å². The summed E-state index contributed by atoms with van der Waals surface area (Å²) in [5, 5.41) is 6.13. The molecule has 1 unspecified atom stereocenters. The van der Waals surface area contributed by atoms with Crippen LogP contribution in [0.1, 0.15) is 49.2 Å². The van der Waals surface area contributed by atoms with Gasteiger partial charge in [-0.05, 0) is 39.0 Å². The zero-order valence-electron chi connectivity index (χ0n) is 12.9. The fourth-order valence-corrected chi connectivity index (χ4v) is 4.36. The lowest BCUT2D eigenvalue weighted by Gasteiger charge is -2.27. The third-order valence-corrected chi connectivity index (χ3v) is 5.65. The number of esters is 1. The molecule has 2 fully saturated rings. The molecule has 1 saturated heterocycles. The Morgan fingerprint density at radius 3 is 2.95 bits per heavy atom. The molecule has 1 saturated carbocycles. The number of aromatic nitrogens is 1. The maximum atomic E-state index is 12.4. The molecule has 0 bridgehead atoms. The Kier molecular flexibility index (Phi) is 4.47. The van der Waals surface area contributed by atoms with Crippen molar-refractivity contribution in [3.63, 3.8) is 0 Å². The number of nitrogens with one attached hydrogen (secondary N) is 1. The van der Waals surface area contributed by atoms with Crippen LogP contribution in [0.25, 0.3) is 0 Å². The number of hydrogen-bond donors (Lipinski definition) is 1. The quantitative estimate of drug-likeness (QED) is 0.667. The van der Waals surface area contributed by atoms with Crippen LogP contribution in [-0.2, 0) is 20.7 Å². The molecule has 1 aliphatic carbocycles. The zero-order valence-corrected chi connectivity index (χ0v) is 13.7. The summed E-state index contributed by atoms with van der Waals surface area (Å²) in [6, 6.07) is 0. The van der Waals surface area contributed by atoms with Gasteiger partial charge in [0.15, 0.2) is 0 Å². The highest BCUT2D eigenvalue weighted by Gasteiger charge is 2.53. The van der Waals surface area contributed by atoms with E-state index in [9.17, 15) is 9.59 Å². The summed E-state index contributed by atoms with van der Waals surface area (Å²) >= 11 is 1.66. The Hall–Kier alpha value is -1.43. The third-order valence-electron chi connectivity index (χ3n) is 4.62. The molecule has 1 aliphatic heterocycles.